The van der Waals surface area contributed by atoms with E-state index in [1.54, 1.807) is 23.1 Å². The van der Waals surface area contributed by atoms with Gasteiger partial charge in [0, 0.05) is 47.4 Å². The van der Waals surface area contributed by atoms with Crippen LogP contribution in [0, 0.1) is 23.7 Å². The third kappa shape index (κ3) is 11.6. The van der Waals surface area contributed by atoms with Crippen LogP contribution >= 0.6 is 0 Å². The van der Waals surface area contributed by atoms with Crippen LogP contribution in [-0.2, 0) is 52.8 Å². The van der Waals surface area contributed by atoms with Gasteiger partial charge in [-0.2, -0.15) is 26.3 Å². The molecule has 4 aromatic carbocycles. The number of hydrogen-bond acceptors (Lipinski definition) is 7. The van der Waals surface area contributed by atoms with E-state index in [1.165, 1.54) is 60.4 Å². The third-order valence-corrected chi connectivity index (χ3v) is 13.8. The van der Waals surface area contributed by atoms with Gasteiger partial charge in [-0.1, -0.05) is 74.5 Å². The summed E-state index contributed by atoms with van der Waals surface area (Å²) < 4.78 is 127. The quantitative estimate of drug-likeness (QED) is 0.0917. The zero-order valence-electron chi connectivity index (χ0n) is 35.6. The molecule has 4 fully saturated rings. The van der Waals surface area contributed by atoms with Crippen LogP contribution < -0.4 is 14.8 Å². The Hall–Kier alpha value is -5.66. The van der Waals surface area contributed by atoms with Crippen molar-refractivity contribution in [1.29, 1.82) is 0 Å². The van der Waals surface area contributed by atoms with Crippen LogP contribution in [0.4, 0.5) is 37.7 Å². The number of carbonyl (C=O) groups is 2. The Labute approximate surface area is 373 Å². The van der Waals surface area contributed by atoms with E-state index in [0.29, 0.717) is 42.4 Å². The normalized spacial score (nSPS) is 24.6. The summed E-state index contributed by atoms with van der Waals surface area (Å²) in [5.41, 5.74) is 1.63. The van der Waals surface area contributed by atoms with Crippen molar-refractivity contribution < 1.29 is 57.9 Å². The SMILES string of the molecule is CC1(c2cccc(NS(C)(=O)=O)c2)C2CN(C(=O)/C=C/c3ccccc3C(F)(F)F)CC21.CC1(c2cccc(NS(C)(=O)=O)c2)C2CNCC21.O=C(O)/C=C/c1ccccc1C(F)(F)F. The Bertz CT molecular complexity index is 2700. The number of sulfonamides is 2. The van der Waals surface area contributed by atoms with Crippen molar-refractivity contribution in [3.05, 3.63) is 143 Å². The molecule has 2 heterocycles. The summed E-state index contributed by atoms with van der Waals surface area (Å²) >= 11 is 0. The lowest BCUT2D eigenvalue weighted by atomic mass is 9.92. The Morgan fingerprint density at radius 1 is 0.646 bits per heavy atom. The van der Waals surface area contributed by atoms with Crippen LogP contribution in [0.5, 0.6) is 0 Å². The molecule has 0 radical (unpaired) electrons. The van der Waals surface area contributed by atoms with E-state index in [2.05, 4.69) is 34.7 Å². The van der Waals surface area contributed by atoms with Gasteiger partial charge >= 0.3 is 18.3 Å². The van der Waals surface area contributed by atoms with Crippen LogP contribution in [0.3, 0.4) is 0 Å². The number of halogens is 6. The molecule has 1 amide bonds. The summed E-state index contributed by atoms with van der Waals surface area (Å²) in [6.07, 6.45) is -2.68. The molecule has 4 unspecified atom stereocenters. The van der Waals surface area contributed by atoms with Crippen LogP contribution in [0.15, 0.2) is 109 Å². The summed E-state index contributed by atoms with van der Waals surface area (Å²) in [7, 11) is -6.58. The Morgan fingerprint density at radius 3 is 1.45 bits per heavy atom. The molecule has 0 aromatic heterocycles. The average molecular weight is 947 g/mol. The number of alkyl halides is 6. The van der Waals surface area contributed by atoms with Crippen LogP contribution in [0.2, 0.25) is 0 Å². The van der Waals surface area contributed by atoms with Gasteiger partial charge in [0.1, 0.15) is 0 Å². The van der Waals surface area contributed by atoms with Gasteiger partial charge in [-0.15, -0.1) is 0 Å². The number of amides is 1. The molecule has 2 aliphatic heterocycles. The van der Waals surface area contributed by atoms with Crippen LogP contribution in [-0.4, -0.2) is 77.4 Å². The third-order valence-electron chi connectivity index (χ3n) is 12.6. The molecule has 0 bridgehead atoms. The summed E-state index contributed by atoms with van der Waals surface area (Å²) in [5.74, 6) is 0.236. The number of nitrogens with one attached hydrogen (secondary N) is 3. The van der Waals surface area contributed by atoms with E-state index >= 15 is 0 Å². The lowest BCUT2D eigenvalue weighted by molar-refractivity contribution is -0.138. The fourth-order valence-electron chi connectivity index (χ4n) is 9.21. The molecular formula is C46H48F6N4O7S2. The highest BCUT2D eigenvalue weighted by Gasteiger charge is 2.66. The molecular weight excluding hydrogens is 899 g/mol. The molecule has 4 atom stereocenters. The number of aliphatic carboxylic acids is 1. The van der Waals surface area contributed by atoms with E-state index in [1.807, 2.05) is 24.3 Å². The molecule has 8 rings (SSSR count). The molecule has 19 heteroatoms. The number of carboxylic acids is 1. The lowest BCUT2D eigenvalue weighted by Gasteiger charge is -2.24. The topological polar surface area (TPSA) is 162 Å². The summed E-state index contributed by atoms with van der Waals surface area (Å²) in [5, 5.41) is 11.7. The largest absolute Gasteiger partial charge is 0.478 e. The second kappa shape index (κ2) is 18.3. The predicted molar refractivity (Wildman–Crippen MR) is 237 cm³/mol. The first-order valence-corrected chi connectivity index (χ1v) is 24.1. The molecule has 2 saturated carbocycles. The number of nitrogens with zero attached hydrogens (tertiary/aromatic N) is 1. The van der Waals surface area contributed by atoms with Crippen LogP contribution in [0.25, 0.3) is 12.2 Å². The second-order valence-corrected chi connectivity index (χ2v) is 20.5. The first-order valence-electron chi connectivity index (χ1n) is 20.3. The highest BCUT2D eigenvalue weighted by atomic mass is 32.2. The summed E-state index contributed by atoms with van der Waals surface area (Å²) in [6.45, 7) is 7.54. The van der Waals surface area contributed by atoms with E-state index < -0.39 is 49.5 Å². The van der Waals surface area contributed by atoms with Gasteiger partial charge in [-0.05, 0) is 108 Å². The van der Waals surface area contributed by atoms with E-state index in [-0.39, 0.29) is 39.7 Å². The zero-order chi connectivity index (χ0) is 47.8. The average Bonchev–Trinajstić information content (AvgIpc) is 3.66. The Morgan fingerprint density at radius 2 is 1.05 bits per heavy atom. The lowest BCUT2D eigenvalue weighted by Crippen LogP contribution is -2.33. The Balaban J connectivity index is 0.000000179. The van der Waals surface area contributed by atoms with Gasteiger partial charge in [0.25, 0.3) is 0 Å². The van der Waals surface area contributed by atoms with Gasteiger partial charge in [0.2, 0.25) is 26.0 Å². The molecule has 0 spiro atoms. The van der Waals surface area contributed by atoms with Gasteiger partial charge in [-0.3, -0.25) is 14.2 Å². The Kier molecular flexibility index (Phi) is 13.7. The van der Waals surface area contributed by atoms with Gasteiger partial charge in [0.15, 0.2) is 0 Å². The van der Waals surface area contributed by atoms with Crippen molar-refractivity contribution in [2.45, 2.75) is 37.0 Å². The van der Waals surface area contributed by atoms with E-state index in [4.69, 9.17) is 5.11 Å². The first-order chi connectivity index (χ1) is 30.2. The van der Waals surface area contributed by atoms with E-state index in [0.717, 1.165) is 43.1 Å². The fraction of sp³-hybridized carbons (Fsp3) is 0.348. The minimum Gasteiger partial charge on any atom is -0.478 e. The number of carboxylic acid groups (broad SMARTS) is 1. The number of hydrogen-bond donors (Lipinski definition) is 4. The zero-order valence-corrected chi connectivity index (χ0v) is 37.2. The van der Waals surface area contributed by atoms with Crippen LogP contribution in [0.1, 0.15) is 47.2 Å². The second-order valence-electron chi connectivity index (χ2n) is 17.0. The number of anilines is 2. The maximum absolute atomic E-state index is 13.1. The first kappa shape index (κ1) is 48.8. The molecule has 4 N–H and O–H groups in total. The molecule has 2 aliphatic carbocycles. The predicted octanol–water partition coefficient (Wildman–Crippen LogP) is 8.10. The fourth-order valence-corrected chi connectivity index (χ4v) is 10.3. The number of rotatable bonds is 10. The van der Waals surface area contributed by atoms with Crippen molar-refractivity contribution in [2.24, 2.45) is 23.7 Å². The van der Waals surface area contributed by atoms with Crippen molar-refractivity contribution in [3.63, 3.8) is 0 Å². The number of benzene rings is 4. The number of likely N-dealkylation sites (tertiary alicyclic amines) is 1. The van der Waals surface area contributed by atoms with Gasteiger partial charge in [-0.25, -0.2) is 21.6 Å². The van der Waals surface area contributed by atoms with Crippen molar-refractivity contribution in [2.75, 3.05) is 48.1 Å². The molecule has 2 saturated heterocycles. The maximum atomic E-state index is 13.1. The highest BCUT2D eigenvalue weighted by molar-refractivity contribution is 7.92. The highest BCUT2D eigenvalue weighted by Crippen LogP contribution is 2.64. The molecule has 4 aliphatic rings. The molecule has 65 heavy (non-hydrogen) atoms. The number of fused-ring (bicyclic) bond motifs is 2. The van der Waals surface area contributed by atoms with Gasteiger partial charge < -0.3 is 15.3 Å². The minimum atomic E-state index is -4.48. The van der Waals surface area contributed by atoms with Crippen molar-refractivity contribution in [3.8, 4) is 0 Å². The monoisotopic (exact) mass is 946 g/mol. The maximum Gasteiger partial charge on any atom is 0.416 e. The molecule has 4 aromatic rings. The summed E-state index contributed by atoms with van der Waals surface area (Å²) in [6, 6.07) is 25.0. The minimum absolute atomic E-state index is 0.0438. The molecule has 11 nitrogen and oxygen atoms in total. The standard InChI is InChI=1S/C23H23F3N2O3S.C13H18N2O2S.C10H7F3O2/c1-22(16-7-5-8-17(12-16)27-32(2,30)31)19-13-28(14-20(19)22)21(29)11-10-15-6-3-4-9-18(15)23(24,25)26;1-13(11-7-14-8-12(11)13)9-4-3-5-10(6-9)15-18(2,16)17;11-10(12,13)8-4-2-1-3-7(8)5-6-9(14)15/h3-12,19-20,27H,13-14H2,1-2H3;3-6,11-12,14-15H,7-8H2,1-2H3;1-6H,(H,14,15)/b11-10+;;6-5+. The molecule has 348 valence electrons. The number of piperidine rings is 2. The number of carbonyl (C=O) groups excluding carboxylic acids is 1. The summed E-state index contributed by atoms with van der Waals surface area (Å²) in [4.78, 5) is 24.4. The van der Waals surface area contributed by atoms with Crippen molar-refractivity contribution in [1.82, 2.24) is 10.2 Å². The van der Waals surface area contributed by atoms with Crippen molar-refractivity contribution >= 4 is 55.4 Å². The smallest absolute Gasteiger partial charge is 0.416 e. The van der Waals surface area contributed by atoms with E-state index in [9.17, 15) is 52.8 Å². The van der Waals surface area contributed by atoms with Gasteiger partial charge in [0.05, 0.1) is 23.6 Å².